The van der Waals surface area contributed by atoms with Crippen molar-refractivity contribution in [1.29, 1.82) is 0 Å². The van der Waals surface area contributed by atoms with Crippen LogP contribution in [0.4, 0.5) is 4.39 Å². The Labute approximate surface area is 91.9 Å². The third kappa shape index (κ3) is 1.83. The van der Waals surface area contributed by atoms with E-state index in [1.54, 1.807) is 0 Å². The van der Waals surface area contributed by atoms with E-state index in [-0.39, 0.29) is 5.41 Å². The third-order valence-electron chi connectivity index (χ3n) is 2.23. The van der Waals surface area contributed by atoms with Crippen LogP contribution in [0, 0.1) is 5.82 Å². The second kappa shape index (κ2) is 3.40. The van der Waals surface area contributed by atoms with Gasteiger partial charge in [-0.25, -0.2) is 14.2 Å². The van der Waals surface area contributed by atoms with Gasteiger partial charge in [0.25, 0.3) is 0 Å². The molecule has 0 saturated heterocycles. The molecule has 3 nitrogen and oxygen atoms in total. The molecule has 2 rings (SSSR count). The Kier molecular flexibility index (Phi) is 2.30. The second-order valence-corrected chi connectivity index (χ2v) is 4.72. The predicted molar refractivity (Wildman–Crippen MR) is 58.9 cm³/mol. The summed E-state index contributed by atoms with van der Waals surface area (Å²) in [7, 11) is 0. The number of nitrogens with zero attached hydrogens (tertiary/aromatic N) is 1. The third-order valence-corrected chi connectivity index (χ3v) is 2.23. The van der Waals surface area contributed by atoms with Crippen LogP contribution >= 0.6 is 0 Å². The molecular weight excluding hydrogens is 209 g/mol. The van der Waals surface area contributed by atoms with E-state index < -0.39 is 11.4 Å². The smallest absolute Gasteiger partial charge is 0.346 e. The summed E-state index contributed by atoms with van der Waals surface area (Å²) in [5, 5.41) is 0.300. The van der Waals surface area contributed by atoms with E-state index in [1.165, 1.54) is 18.2 Å². The van der Waals surface area contributed by atoms with Gasteiger partial charge in [-0.15, -0.1) is 0 Å². The fraction of sp³-hybridized carbons (Fsp3) is 0.333. The van der Waals surface area contributed by atoms with Gasteiger partial charge in [0, 0.05) is 11.5 Å². The average Bonchev–Trinajstić information content (AvgIpc) is 2.15. The average molecular weight is 221 g/mol. The monoisotopic (exact) mass is 221 g/mol. The number of hydrogen-bond acceptors (Lipinski definition) is 3. The standard InChI is InChI=1S/C12H12FNO2/c1-12(2,3)11-14-9-6-7(13)4-5-8(9)10(15)16-11/h4-6H,1-3H3. The zero-order valence-electron chi connectivity index (χ0n) is 9.37. The van der Waals surface area contributed by atoms with Crippen molar-refractivity contribution < 1.29 is 8.81 Å². The van der Waals surface area contributed by atoms with E-state index in [0.29, 0.717) is 16.8 Å². The van der Waals surface area contributed by atoms with E-state index in [0.717, 1.165) is 0 Å². The van der Waals surface area contributed by atoms with Gasteiger partial charge >= 0.3 is 5.63 Å². The first-order valence-corrected chi connectivity index (χ1v) is 4.99. The molecule has 0 N–H and O–H groups in total. The highest BCUT2D eigenvalue weighted by Gasteiger charge is 2.20. The Morgan fingerprint density at radius 2 is 2.00 bits per heavy atom. The van der Waals surface area contributed by atoms with Gasteiger partial charge in [0.1, 0.15) is 5.82 Å². The number of halogens is 1. The number of benzene rings is 1. The van der Waals surface area contributed by atoms with Gasteiger partial charge in [0.05, 0.1) is 10.9 Å². The van der Waals surface area contributed by atoms with E-state index >= 15 is 0 Å². The molecule has 0 amide bonds. The first-order chi connectivity index (χ1) is 7.38. The Bertz CT molecular complexity index is 596. The molecule has 0 spiro atoms. The first-order valence-electron chi connectivity index (χ1n) is 4.99. The molecule has 0 fully saturated rings. The SMILES string of the molecule is CC(C)(C)c1nc2cc(F)ccc2c(=O)o1. The van der Waals surface area contributed by atoms with Crippen molar-refractivity contribution in [3.63, 3.8) is 0 Å². The molecule has 0 saturated carbocycles. The Morgan fingerprint density at radius 1 is 1.31 bits per heavy atom. The number of aromatic nitrogens is 1. The lowest BCUT2D eigenvalue weighted by Crippen LogP contribution is -2.17. The predicted octanol–water partition coefficient (Wildman–Crippen LogP) is 2.62. The quantitative estimate of drug-likeness (QED) is 0.686. The molecule has 16 heavy (non-hydrogen) atoms. The second-order valence-electron chi connectivity index (χ2n) is 4.72. The van der Waals surface area contributed by atoms with Crippen molar-refractivity contribution in [3.8, 4) is 0 Å². The van der Waals surface area contributed by atoms with Gasteiger partial charge in [0.2, 0.25) is 5.89 Å². The maximum atomic E-state index is 13.0. The van der Waals surface area contributed by atoms with Gasteiger partial charge in [-0.1, -0.05) is 20.8 Å². The molecule has 1 aromatic carbocycles. The first kappa shape index (κ1) is 10.8. The largest absolute Gasteiger partial charge is 0.407 e. The summed E-state index contributed by atoms with van der Waals surface area (Å²) in [6.07, 6.45) is 0. The summed E-state index contributed by atoms with van der Waals surface area (Å²) in [6.45, 7) is 5.64. The van der Waals surface area contributed by atoms with Crippen LogP contribution in [0.15, 0.2) is 27.4 Å². The molecule has 2 aromatic rings. The fourth-order valence-corrected chi connectivity index (χ4v) is 1.37. The molecule has 1 aromatic heterocycles. The molecule has 0 aliphatic heterocycles. The zero-order chi connectivity index (χ0) is 11.9. The summed E-state index contributed by atoms with van der Waals surface area (Å²) < 4.78 is 18.1. The van der Waals surface area contributed by atoms with Crippen LogP contribution in [-0.4, -0.2) is 4.98 Å². The minimum Gasteiger partial charge on any atom is -0.407 e. The molecule has 0 aliphatic rings. The van der Waals surface area contributed by atoms with Gasteiger partial charge in [-0.2, -0.15) is 0 Å². The highest BCUT2D eigenvalue weighted by atomic mass is 19.1. The molecule has 84 valence electrons. The van der Waals surface area contributed by atoms with Gasteiger partial charge in [-0.3, -0.25) is 0 Å². The van der Waals surface area contributed by atoms with E-state index in [9.17, 15) is 9.18 Å². The zero-order valence-corrected chi connectivity index (χ0v) is 9.37. The molecule has 0 atom stereocenters. The topological polar surface area (TPSA) is 43.1 Å². The lowest BCUT2D eigenvalue weighted by molar-refractivity contribution is 0.360. The van der Waals surface area contributed by atoms with Crippen LogP contribution in [0.2, 0.25) is 0 Å². The summed E-state index contributed by atoms with van der Waals surface area (Å²) in [5.41, 5.74) is -0.518. The Balaban J connectivity index is 2.80. The van der Waals surface area contributed by atoms with Gasteiger partial charge < -0.3 is 4.42 Å². The lowest BCUT2D eigenvalue weighted by Gasteiger charge is -2.15. The lowest BCUT2D eigenvalue weighted by atomic mass is 9.97. The van der Waals surface area contributed by atoms with E-state index in [2.05, 4.69) is 4.98 Å². The normalized spacial score (nSPS) is 12.0. The van der Waals surface area contributed by atoms with Crippen molar-refractivity contribution >= 4 is 10.9 Å². The van der Waals surface area contributed by atoms with Crippen LogP contribution in [0.5, 0.6) is 0 Å². The van der Waals surface area contributed by atoms with Crippen LogP contribution in [0.3, 0.4) is 0 Å². The minimum absolute atomic E-state index is 0.300. The number of fused-ring (bicyclic) bond motifs is 1. The van der Waals surface area contributed by atoms with Gasteiger partial charge in [0.15, 0.2) is 0 Å². The summed E-state index contributed by atoms with van der Waals surface area (Å²) in [6, 6.07) is 3.84. The summed E-state index contributed by atoms with van der Waals surface area (Å²) in [5.74, 6) is -0.0962. The van der Waals surface area contributed by atoms with Crippen molar-refractivity contribution in [3.05, 3.63) is 40.3 Å². The highest BCUT2D eigenvalue weighted by molar-refractivity contribution is 5.76. The van der Waals surface area contributed by atoms with Gasteiger partial charge in [-0.05, 0) is 12.1 Å². The molecule has 4 heteroatoms. The van der Waals surface area contributed by atoms with Crippen LogP contribution in [-0.2, 0) is 5.41 Å². The molecule has 0 bridgehead atoms. The summed E-state index contributed by atoms with van der Waals surface area (Å²) >= 11 is 0. The van der Waals surface area contributed by atoms with Crippen LogP contribution in [0.25, 0.3) is 10.9 Å². The molecule has 1 heterocycles. The fourth-order valence-electron chi connectivity index (χ4n) is 1.37. The Morgan fingerprint density at radius 3 is 2.62 bits per heavy atom. The molecule has 0 radical (unpaired) electrons. The highest BCUT2D eigenvalue weighted by Crippen LogP contribution is 2.20. The van der Waals surface area contributed by atoms with Crippen molar-refractivity contribution in [2.24, 2.45) is 0 Å². The van der Waals surface area contributed by atoms with Crippen LogP contribution in [0.1, 0.15) is 26.7 Å². The Hall–Kier alpha value is -1.71. The maximum absolute atomic E-state index is 13.0. The minimum atomic E-state index is -0.477. The summed E-state index contributed by atoms with van der Waals surface area (Å²) in [4.78, 5) is 15.8. The van der Waals surface area contributed by atoms with E-state index in [4.69, 9.17) is 4.42 Å². The van der Waals surface area contributed by atoms with Crippen molar-refractivity contribution in [2.75, 3.05) is 0 Å². The maximum Gasteiger partial charge on any atom is 0.346 e. The van der Waals surface area contributed by atoms with Crippen LogP contribution < -0.4 is 5.63 Å². The van der Waals surface area contributed by atoms with Crippen molar-refractivity contribution in [1.82, 2.24) is 4.98 Å². The molecule has 0 unspecified atom stereocenters. The number of hydrogen-bond donors (Lipinski definition) is 0. The number of rotatable bonds is 0. The molecular formula is C12H12FNO2. The van der Waals surface area contributed by atoms with E-state index in [1.807, 2.05) is 20.8 Å². The van der Waals surface area contributed by atoms with Crippen molar-refractivity contribution in [2.45, 2.75) is 26.2 Å². The molecule has 0 aliphatic carbocycles.